The van der Waals surface area contributed by atoms with E-state index in [1.807, 2.05) is 0 Å². The Morgan fingerprint density at radius 3 is 2.93 bits per heavy atom. The van der Waals surface area contributed by atoms with Crippen LogP contribution in [0.3, 0.4) is 0 Å². The van der Waals surface area contributed by atoms with Gasteiger partial charge in [-0.3, -0.25) is 9.98 Å². The molecule has 1 aliphatic rings. The molecular weight excluding hydrogens is 389 g/mol. The van der Waals surface area contributed by atoms with E-state index in [1.165, 1.54) is 6.07 Å². The number of anilines is 2. The number of rotatable bonds is 4. The van der Waals surface area contributed by atoms with E-state index >= 15 is 0 Å². The highest BCUT2D eigenvalue weighted by atomic mass is 19.1. The number of aromatic nitrogens is 5. The van der Waals surface area contributed by atoms with Gasteiger partial charge in [-0.25, -0.2) is 14.2 Å². The third-order valence-electron chi connectivity index (χ3n) is 4.91. The molecule has 0 atom stereocenters. The van der Waals surface area contributed by atoms with E-state index in [0.717, 1.165) is 12.8 Å². The average Bonchev–Trinajstić information content (AvgIpc) is 3.34. The molecule has 3 aromatic heterocycles. The highest BCUT2D eigenvalue weighted by Crippen LogP contribution is 2.23. The number of hydrogen-bond acceptors (Lipinski definition) is 6. The lowest BCUT2D eigenvalue weighted by atomic mass is 10.2. The van der Waals surface area contributed by atoms with Gasteiger partial charge in [-0.2, -0.15) is 9.61 Å². The van der Waals surface area contributed by atoms with Crippen LogP contribution in [0, 0.1) is 12.7 Å². The molecule has 5 rings (SSSR count). The molecule has 4 aromatic rings. The van der Waals surface area contributed by atoms with Crippen LogP contribution >= 0.6 is 0 Å². The van der Waals surface area contributed by atoms with Gasteiger partial charge in [-0.1, -0.05) is 6.07 Å². The van der Waals surface area contributed by atoms with Crippen molar-refractivity contribution < 1.29 is 9.50 Å². The summed E-state index contributed by atoms with van der Waals surface area (Å²) in [7, 11) is 0. The summed E-state index contributed by atoms with van der Waals surface area (Å²) in [6.45, 7) is 1.69. The maximum Gasteiger partial charge on any atom is 0.326 e. The van der Waals surface area contributed by atoms with Crippen LogP contribution in [0.4, 0.5) is 15.9 Å². The lowest BCUT2D eigenvalue weighted by molar-refractivity contribution is 0.454. The fraction of sp³-hybridized carbons (Fsp3) is 0.200. The molecule has 0 spiro atoms. The Hall–Kier alpha value is -3.95. The summed E-state index contributed by atoms with van der Waals surface area (Å²) in [5.74, 6) is -0.0985. The number of hydrogen-bond donors (Lipinski definition) is 4. The van der Waals surface area contributed by atoms with Gasteiger partial charge >= 0.3 is 5.69 Å². The summed E-state index contributed by atoms with van der Waals surface area (Å²) < 4.78 is 15.5. The van der Waals surface area contributed by atoms with Gasteiger partial charge in [-0.05, 0) is 38.0 Å². The minimum absolute atomic E-state index is 0.219. The smallest absolute Gasteiger partial charge is 0.326 e. The molecule has 3 heterocycles. The van der Waals surface area contributed by atoms with E-state index in [-0.39, 0.29) is 23.4 Å². The lowest BCUT2D eigenvalue weighted by Gasteiger charge is -2.09. The number of aromatic amines is 2. The van der Waals surface area contributed by atoms with E-state index in [2.05, 4.69) is 25.4 Å². The van der Waals surface area contributed by atoms with Gasteiger partial charge in [0.25, 0.3) is 0 Å². The van der Waals surface area contributed by atoms with Gasteiger partial charge < -0.3 is 15.4 Å². The second-order valence-electron chi connectivity index (χ2n) is 7.22. The van der Waals surface area contributed by atoms with Gasteiger partial charge in [0.15, 0.2) is 11.1 Å². The van der Waals surface area contributed by atoms with Crippen LogP contribution in [0.5, 0.6) is 5.88 Å². The van der Waals surface area contributed by atoms with Crippen LogP contribution < -0.4 is 21.7 Å². The van der Waals surface area contributed by atoms with E-state index in [4.69, 9.17) is 4.99 Å². The van der Waals surface area contributed by atoms with Crippen molar-refractivity contribution in [1.82, 2.24) is 24.6 Å². The van der Waals surface area contributed by atoms with Crippen molar-refractivity contribution in [1.29, 1.82) is 0 Å². The zero-order valence-electron chi connectivity index (χ0n) is 16.0. The molecule has 9 nitrogen and oxygen atoms in total. The molecule has 152 valence electrons. The summed E-state index contributed by atoms with van der Waals surface area (Å²) in [6.07, 6.45) is 5.19. The van der Waals surface area contributed by atoms with Gasteiger partial charge in [0.05, 0.1) is 12.2 Å². The van der Waals surface area contributed by atoms with Gasteiger partial charge in [-0.15, -0.1) is 0 Å². The number of benzene rings is 1. The maximum atomic E-state index is 13.9. The first kappa shape index (κ1) is 18.1. The molecule has 10 heteroatoms. The Kier molecular flexibility index (Phi) is 4.12. The first-order chi connectivity index (χ1) is 14.5. The normalized spacial score (nSPS) is 15.3. The van der Waals surface area contributed by atoms with Crippen molar-refractivity contribution in [3.05, 3.63) is 68.7 Å². The number of halogens is 1. The predicted octanol–water partition coefficient (Wildman–Crippen LogP) is 1.25. The third-order valence-corrected chi connectivity index (χ3v) is 4.91. The second-order valence-corrected chi connectivity index (χ2v) is 7.22. The number of nitrogens with one attached hydrogen (secondary N) is 3. The zero-order valence-corrected chi connectivity index (χ0v) is 16.0. The van der Waals surface area contributed by atoms with Gasteiger partial charge in [0.2, 0.25) is 5.88 Å². The number of imidazole rings is 1. The van der Waals surface area contributed by atoms with Crippen LogP contribution in [-0.4, -0.2) is 35.7 Å². The number of nitrogens with zero attached hydrogens (tertiary/aromatic N) is 4. The topological polar surface area (TPSA) is 123 Å². The standard InChI is InChI=1S/C20H18FN7O2/c1-10-13(21)3-2-4-14(10)24-16-8-17(23-12-5-6-12)28-18(26-16)11(9-22-28)7-15-19(29)27-20(30)25-15/h2-4,7-9,12,24,29H,5-6H2,1H3,(H2,25,27,30). The molecular formula is C20H18FN7O2. The lowest BCUT2D eigenvalue weighted by Crippen LogP contribution is -2.20. The fourth-order valence-electron chi connectivity index (χ4n) is 3.14. The Labute approximate surface area is 168 Å². The van der Waals surface area contributed by atoms with E-state index in [9.17, 15) is 14.3 Å². The molecule has 1 saturated carbocycles. The second kappa shape index (κ2) is 6.83. The summed E-state index contributed by atoms with van der Waals surface area (Å²) in [5, 5.41) is 18.0. The zero-order chi connectivity index (χ0) is 20.8. The quantitative estimate of drug-likeness (QED) is 0.405. The SMILES string of the molecule is Cc1c(F)cccc1Nc1cc(=NC2CC2)n2ncc(=Cc3[nH]c(=O)[nH]c3O)c2n1. The first-order valence-electron chi connectivity index (χ1n) is 9.46. The summed E-state index contributed by atoms with van der Waals surface area (Å²) in [5.41, 5.74) is 1.88. The Balaban J connectivity index is 1.69. The van der Waals surface area contributed by atoms with Crippen LogP contribution in [0.1, 0.15) is 24.1 Å². The number of aromatic hydroxyl groups is 1. The largest absolute Gasteiger partial charge is 0.493 e. The average molecular weight is 407 g/mol. The molecule has 0 saturated heterocycles. The molecule has 1 fully saturated rings. The van der Waals surface area contributed by atoms with Crippen molar-refractivity contribution in [3.63, 3.8) is 0 Å². The molecule has 4 N–H and O–H groups in total. The highest BCUT2D eigenvalue weighted by Gasteiger charge is 2.20. The third kappa shape index (κ3) is 3.32. The first-order valence-corrected chi connectivity index (χ1v) is 9.46. The van der Waals surface area contributed by atoms with Crippen LogP contribution in [0.2, 0.25) is 0 Å². The van der Waals surface area contributed by atoms with E-state index < -0.39 is 5.69 Å². The number of H-pyrrole nitrogens is 2. The van der Waals surface area contributed by atoms with Crippen molar-refractivity contribution in [2.75, 3.05) is 5.32 Å². The Morgan fingerprint density at radius 2 is 2.20 bits per heavy atom. The Bertz CT molecular complexity index is 1450. The highest BCUT2D eigenvalue weighted by molar-refractivity contribution is 5.63. The summed E-state index contributed by atoms with van der Waals surface area (Å²) in [4.78, 5) is 25.5. The van der Waals surface area contributed by atoms with Crippen molar-refractivity contribution >= 4 is 23.2 Å². The van der Waals surface area contributed by atoms with Gasteiger partial charge in [0, 0.05) is 22.5 Å². The molecule has 1 aromatic carbocycles. The molecule has 0 radical (unpaired) electrons. The van der Waals surface area contributed by atoms with Crippen LogP contribution in [0.15, 0.2) is 40.2 Å². The summed E-state index contributed by atoms with van der Waals surface area (Å²) in [6, 6.07) is 6.82. The van der Waals surface area contributed by atoms with Gasteiger partial charge in [0.1, 0.15) is 17.3 Å². The minimum atomic E-state index is -0.517. The molecule has 0 unspecified atom stereocenters. The fourth-order valence-corrected chi connectivity index (χ4v) is 3.14. The van der Waals surface area contributed by atoms with Crippen molar-refractivity contribution in [2.24, 2.45) is 4.99 Å². The Morgan fingerprint density at radius 1 is 1.37 bits per heavy atom. The van der Waals surface area contributed by atoms with E-state index in [0.29, 0.717) is 33.4 Å². The molecule has 30 heavy (non-hydrogen) atoms. The summed E-state index contributed by atoms with van der Waals surface area (Å²) >= 11 is 0. The van der Waals surface area contributed by atoms with Crippen molar-refractivity contribution in [3.8, 4) is 5.88 Å². The molecule has 1 aliphatic carbocycles. The van der Waals surface area contributed by atoms with Crippen LogP contribution in [-0.2, 0) is 0 Å². The predicted molar refractivity (Wildman–Crippen MR) is 108 cm³/mol. The van der Waals surface area contributed by atoms with Crippen molar-refractivity contribution in [2.45, 2.75) is 25.8 Å². The number of fused-ring (bicyclic) bond motifs is 1. The molecule has 0 bridgehead atoms. The molecule has 0 amide bonds. The van der Waals surface area contributed by atoms with E-state index in [1.54, 1.807) is 41.9 Å². The maximum absolute atomic E-state index is 13.9. The van der Waals surface area contributed by atoms with Crippen LogP contribution in [0.25, 0.3) is 11.7 Å². The monoisotopic (exact) mass is 407 g/mol. The molecule has 0 aliphatic heterocycles. The minimum Gasteiger partial charge on any atom is -0.493 e.